The SMILES string of the molecule is CCCCCCCC[N+](CCCCCCCC)(CCCCCCCC)CC(=O)OC.[Br-]. The molecule has 0 aromatic carbocycles. The number of methoxy groups -OCH3 is 1. The molecule has 4 heteroatoms. The van der Waals surface area contributed by atoms with Crippen LogP contribution >= 0.6 is 0 Å². The number of unbranched alkanes of at least 4 members (excludes halogenated alkanes) is 15. The van der Waals surface area contributed by atoms with Crippen LogP contribution in [0.2, 0.25) is 0 Å². The van der Waals surface area contributed by atoms with Crippen LogP contribution in [0.1, 0.15) is 136 Å². The Morgan fingerprint density at radius 3 is 1.13 bits per heavy atom. The first-order valence-corrected chi connectivity index (χ1v) is 13.6. The van der Waals surface area contributed by atoms with E-state index in [0.717, 1.165) is 24.1 Å². The Balaban J connectivity index is 0. The number of hydrogen-bond donors (Lipinski definition) is 0. The van der Waals surface area contributed by atoms with Crippen LogP contribution in [0.25, 0.3) is 0 Å². The molecule has 0 unspecified atom stereocenters. The molecular weight excluding hydrogens is 450 g/mol. The van der Waals surface area contributed by atoms with E-state index in [1.165, 1.54) is 116 Å². The summed E-state index contributed by atoms with van der Waals surface area (Å²) in [6.45, 7) is 10.9. The van der Waals surface area contributed by atoms with E-state index in [1.807, 2.05) is 0 Å². The normalized spacial score (nSPS) is 11.4. The Bertz CT molecular complexity index is 335. The number of carbonyl (C=O) groups is 1. The minimum Gasteiger partial charge on any atom is -1.00 e. The van der Waals surface area contributed by atoms with Gasteiger partial charge in [-0.3, -0.25) is 0 Å². The quantitative estimate of drug-likeness (QED) is 0.110. The number of halogens is 1. The van der Waals surface area contributed by atoms with Crippen molar-refractivity contribution < 1.29 is 31.0 Å². The number of quaternary nitrogens is 1. The van der Waals surface area contributed by atoms with Gasteiger partial charge in [-0.15, -0.1) is 0 Å². The Hall–Kier alpha value is -0.0900. The highest BCUT2D eigenvalue weighted by Gasteiger charge is 2.29. The summed E-state index contributed by atoms with van der Waals surface area (Å²) in [6.07, 6.45) is 23.8. The predicted octanol–water partition coefficient (Wildman–Crippen LogP) is 5.06. The molecule has 0 aromatic rings. The smallest absolute Gasteiger partial charge is 0.361 e. The highest BCUT2D eigenvalue weighted by atomic mass is 79.9. The molecule has 3 nitrogen and oxygen atoms in total. The molecule has 0 rings (SSSR count). The van der Waals surface area contributed by atoms with Crippen molar-refractivity contribution in [2.24, 2.45) is 0 Å². The summed E-state index contributed by atoms with van der Waals surface area (Å²) in [5.74, 6) is -0.0158. The maximum atomic E-state index is 12.3. The average Bonchev–Trinajstić information content (AvgIpc) is 2.75. The highest BCUT2D eigenvalue weighted by Crippen LogP contribution is 2.19. The van der Waals surface area contributed by atoms with Crippen LogP contribution in [0.5, 0.6) is 0 Å². The molecule has 0 N–H and O–H groups in total. The van der Waals surface area contributed by atoms with Gasteiger partial charge in [-0.25, -0.2) is 4.79 Å². The predicted molar refractivity (Wildman–Crippen MR) is 132 cm³/mol. The minimum absolute atomic E-state index is 0. The number of esters is 1. The fourth-order valence-corrected chi connectivity index (χ4v) is 4.59. The molecule has 31 heavy (non-hydrogen) atoms. The molecule has 188 valence electrons. The summed E-state index contributed by atoms with van der Waals surface area (Å²) in [6, 6.07) is 0. The van der Waals surface area contributed by atoms with Gasteiger partial charge in [0.05, 0.1) is 26.7 Å². The lowest BCUT2D eigenvalue weighted by Crippen LogP contribution is -3.00. The van der Waals surface area contributed by atoms with Crippen LogP contribution in [0.3, 0.4) is 0 Å². The third-order valence-electron chi connectivity index (χ3n) is 6.65. The molecule has 0 atom stereocenters. The Morgan fingerprint density at radius 2 is 0.839 bits per heavy atom. The van der Waals surface area contributed by atoms with E-state index in [1.54, 1.807) is 7.11 Å². The summed E-state index contributed by atoms with van der Waals surface area (Å²) in [4.78, 5) is 12.3. The lowest BCUT2D eigenvalue weighted by atomic mass is 10.1. The molecule has 0 bridgehead atoms. The first-order valence-electron chi connectivity index (χ1n) is 13.6. The zero-order valence-electron chi connectivity index (χ0n) is 21.7. The molecule has 0 saturated heterocycles. The first-order chi connectivity index (χ1) is 14.6. The highest BCUT2D eigenvalue weighted by molar-refractivity contribution is 5.70. The zero-order valence-corrected chi connectivity index (χ0v) is 23.3. The van der Waals surface area contributed by atoms with E-state index in [-0.39, 0.29) is 23.0 Å². The fraction of sp³-hybridized carbons (Fsp3) is 0.963. The summed E-state index contributed by atoms with van der Waals surface area (Å²) >= 11 is 0. The number of carbonyl (C=O) groups excluding carboxylic acids is 1. The summed E-state index contributed by atoms with van der Waals surface area (Å²) in [7, 11) is 1.55. The van der Waals surface area contributed by atoms with Gasteiger partial charge in [-0.2, -0.15) is 0 Å². The van der Waals surface area contributed by atoms with Gasteiger partial charge in [0, 0.05) is 0 Å². The molecule has 0 aromatic heterocycles. The van der Waals surface area contributed by atoms with E-state index in [2.05, 4.69) is 20.8 Å². The molecule has 0 aliphatic heterocycles. The van der Waals surface area contributed by atoms with Crippen molar-refractivity contribution in [3.05, 3.63) is 0 Å². The number of nitrogens with zero attached hydrogens (tertiary/aromatic N) is 1. The van der Waals surface area contributed by atoms with Crippen LogP contribution in [0, 0.1) is 0 Å². The van der Waals surface area contributed by atoms with Gasteiger partial charge in [0.25, 0.3) is 0 Å². The largest absolute Gasteiger partial charge is 1.00 e. The maximum Gasteiger partial charge on any atom is 0.361 e. The molecule has 0 saturated carbocycles. The van der Waals surface area contributed by atoms with Gasteiger partial charge in [0.2, 0.25) is 0 Å². The molecular formula is C27H56BrNO2. The lowest BCUT2D eigenvalue weighted by molar-refractivity contribution is -0.922. The van der Waals surface area contributed by atoms with Crippen molar-refractivity contribution in [1.29, 1.82) is 0 Å². The maximum absolute atomic E-state index is 12.3. The molecule has 0 amide bonds. The van der Waals surface area contributed by atoms with Gasteiger partial charge in [-0.05, 0) is 38.5 Å². The molecule has 0 heterocycles. The number of hydrogen-bond acceptors (Lipinski definition) is 2. The third-order valence-corrected chi connectivity index (χ3v) is 6.65. The van der Waals surface area contributed by atoms with Gasteiger partial charge < -0.3 is 26.2 Å². The summed E-state index contributed by atoms with van der Waals surface area (Å²) in [5, 5.41) is 0. The zero-order chi connectivity index (χ0) is 22.3. The van der Waals surface area contributed by atoms with Crippen LogP contribution < -0.4 is 17.0 Å². The molecule has 0 fully saturated rings. The lowest BCUT2D eigenvalue weighted by Gasteiger charge is -2.38. The minimum atomic E-state index is -0.0158. The average molecular weight is 507 g/mol. The Labute approximate surface area is 206 Å². The third kappa shape index (κ3) is 20.3. The molecule has 0 aliphatic carbocycles. The summed E-state index contributed by atoms with van der Waals surface area (Å²) in [5.41, 5.74) is 0. The van der Waals surface area contributed by atoms with Crippen molar-refractivity contribution >= 4 is 5.97 Å². The Kier molecular flexibility index (Phi) is 26.2. The van der Waals surface area contributed by atoms with Gasteiger partial charge in [-0.1, -0.05) is 97.8 Å². The van der Waals surface area contributed by atoms with Crippen LogP contribution in [0.4, 0.5) is 0 Å². The number of rotatable bonds is 23. The van der Waals surface area contributed by atoms with Crippen LogP contribution in [-0.4, -0.2) is 43.7 Å². The second-order valence-electron chi connectivity index (χ2n) is 9.55. The van der Waals surface area contributed by atoms with E-state index in [0.29, 0.717) is 6.54 Å². The van der Waals surface area contributed by atoms with Crippen molar-refractivity contribution in [3.63, 3.8) is 0 Å². The topological polar surface area (TPSA) is 26.3 Å². The van der Waals surface area contributed by atoms with E-state index in [4.69, 9.17) is 4.74 Å². The van der Waals surface area contributed by atoms with E-state index < -0.39 is 0 Å². The standard InChI is InChI=1S/C27H56NO2.BrH/c1-5-8-11-14-17-20-23-28(26-27(29)30-4,24-21-18-15-12-9-6-2)25-22-19-16-13-10-7-3;/h5-26H2,1-4H3;1H/q+1;/p-1. The van der Waals surface area contributed by atoms with E-state index in [9.17, 15) is 4.79 Å². The second kappa shape index (κ2) is 24.6. The molecule has 0 radical (unpaired) electrons. The van der Waals surface area contributed by atoms with Crippen molar-refractivity contribution in [1.82, 2.24) is 0 Å². The van der Waals surface area contributed by atoms with Gasteiger partial charge in [0.1, 0.15) is 0 Å². The van der Waals surface area contributed by atoms with Crippen molar-refractivity contribution in [3.8, 4) is 0 Å². The first kappa shape index (κ1) is 33.1. The van der Waals surface area contributed by atoms with Crippen LogP contribution in [-0.2, 0) is 9.53 Å². The Morgan fingerprint density at radius 1 is 0.548 bits per heavy atom. The molecule has 0 aliphatic rings. The van der Waals surface area contributed by atoms with E-state index >= 15 is 0 Å². The van der Waals surface area contributed by atoms with Crippen LogP contribution in [0.15, 0.2) is 0 Å². The van der Waals surface area contributed by atoms with Crippen molar-refractivity contribution in [2.75, 3.05) is 33.3 Å². The van der Waals surface area contributed by atoms with Gasteiger partial charge in [0.15, 0.2) is 6.54 Å². The molecule has 0 spiro atoms. The fourth-order valence-electron chi connectivity index (χ4n) is 4.59. The van der Waals surface area contributed by atoms with Crippen molar-refractivity contribution in [2.45, 2.75) is 136 Å². The second-order valence-corrected chi connectivity index (χ2v) is 9.55. The summed E-state index contributed by atoms with van der Waals surface area (Å²) < 4.78 is 6.10. The number of ether oxygens (including phenoxy) is 1. The monoisotopic (exact) mass is 505 g/mol. The van der Waals surface area contributed by atoms with Gasteiger partial charge >= 0.3 is 5.97 Å².